The highest BCUT2D eigenvalue weighted by Crippen LogP contribution is 2.23. The molecule has 0 saturated carbocycles. The Morgan fingerprint density at radius 3 is 2.29 bits per heavy atom. The largest absolute Gasteiger partial charge is 0.464 e. The zero-order valence-electron chi connectivity index (χ0n) is 13.6. The van der Waals surface area contributed by atoms with Crippen LogP contribution in [0.3, 0.4) is 0 Å². The van der Waals surface area contributed by atoms with Crippen LogP contribution in [-0.4, -0.2) is 37.1 Å². The Morgan fingerprint density at radius 1 is 1.24 bits per heavy atom. The number of hydrogen-bond acceptors (Lipinski definition) is 4. The topological polar surface area (TPSA) is 55.6 Å². The van der Waals surface area contributed by atoms with Gasteiger partial charge in [0.25, 0.3) is 0 Å². The third kappa shape index (κ3) is 4.29. The first-order valence-electron chi connectivity index (χ1n) is 7.71. The number of ether oxygens (including phenoxy) is 1. The van der Waals surface area contributed by atoms with Crippen LogP contribution in [0.15, 0.2) is 30.3 Å². The van der Waals surface area contributed by atoms with Crippen LogP contribution >= 0.6 is 0 Å². The highest BCUT2D eigenvalue weighted by atomic mass is 16.5. The summed E-state index contributed by atoms with van der Waals surface area (Å²) in [5, 5.41) is 0. The van der Waals surface area contributed by atoms with E-state index in [9.17, 15) is 4.79 Å². The van der Waals surface area contributed by atoms with E-state index in [4.69, 9.17) is 10.5 Å². The quantitative estimate of drug-likeness (QED) is 0.748. The molecule has 1 rings (SSSR count). The Kier molecular flexibility index (Phi) is 6.85. The first-order chi connectivity index (χ1) is 9.99. The van der Waals surface area contributed by atoms with Gasteiger partial charge in [-0.25, -0.2) is 4.79 Å². The molecule has 0 amide bonds. The maximum atomic E-state index is 12.4. The van der Waals surface area contributed by atoms with Gasteiger partial charge in [0.05, 0.1) is 6.61 Å². The number of likely N-dealkylation sites (N-methyl/N-ethyl adjacent to an activating group) is 1. The number of hydrogen-bond donors (Lipinski definition) is 1. The molecular weight excluding hydrogens is 264 g/mol. The second-order valence-electron chi connectivity index (χ2n) is 5.44. The molecule has 0 aliphatic carbocycles. The molecule has 0 aliphatic heterocycles. The van der Waals surface area contributed by atoms with E-state index in [2.05, 4.69) is 18.7 Å². The molecule has 0 fully saturated rings. The maximum Gasteiger partial charge on any atom is 0.332 e. The molecular formula is C17H28N2O2. The monoisotopic (exact) mass is 292 g/mol. The van der Waals surface area contributed by atoms with E-state index in [-0.39, 0.29) is 5.97 Å². The summed E-state index contributed by atoms with van der Waals surface area (Å²) in [6.45, 7) is 6.88. The minimum absolute atomic E-state index is 0.333. The lowest BCUT2D eigenvalue weighted by Crippen LogP contribution is -2.55. The van der Waals surface area contributed by atoms with Crippen molar-refractivity contribution in [3.8, 4) is 0 Å². The van der Waals surface area contributed by atoms with Gasteiger partial charge < -0.3 is 15.4 Å². The van der Waals surface area contributed by atoms with Crippen molar-refractivity contribution >= 4 is 5.97 Å². The summed E-state index contributed by atoms with van der Waals surface area (Å²) >= 11 is 0. The van der Waals surface area contributed by atoms with Crippen molar-refractivity contribution in [3.05, 3.63) is 35.9 Å². The van der Waals surface area contributed by atoms with Crippen LogP contribution in [0.4, 0.5) is 0 Å². The van der Waals surface area contributed by atoms with Gasteiger partial charge in [-0.15, -0.1) is 0 Å². The molecule has 4 heteroatoms. The van der Waals surface area contributed by atoms with E-state index in [0.717, 1.165) is 18.4 Å². The molecule has 1 atom stereocenters. The molecule has 1 aromatic carbocycles. The number of nitrogens with zero attached hydrogens (tertiary/aromatic N) is 1. The van der Waals surface area contributed by atoms with Crippen molar-refractivity contribution in [2.24, 2.45) is 5.73 Å². The number of carbonyl (C=O) groups excluding carboxylic acids is 1. The summed E-state index contributed by atoms with van der Waals surface area (Å²) in [5.41, 5.74) is 6.14. The van der Waals surface area contributed by atoms with Crippen molar-refractivity contribution in [2.45, 2.75) is 45.2 Å². The van der Waals surface area contributed by atoms with E-state index in [1.165, 1.54) is 0 Å². The third-order valence-corrected chi connectivity index (χ3v) is 3.99. The van der Waals surface area contributed by atoms with E-state index < -0.39 is 5.54 Å². The number of rotatable bonds is 8. The first kappa shape index (κ1) is 17.7. The summed E-state index contributed by atoms with van der Waals surface area (Å²) in [7, 11) is 2.02. The summed E-state index contributed by atoms with van der Waals surface area (Å²) in [5.74, 6) is -0.367. The lowest BCUT2D eigenvalue weighted by atomic mass is 9.89. The van der Waals surface area contributed by atoms with Gasteiger partial charge in [0.15, 0.2) is 5.54 Å². The van der Waals surface area contributed by atoms with Crippen molar-refractivity contribution in [1.82, 2.24) is 4.90 Å². The Bertz CT molecular complexity index is 432. The molecule has 0 heterocycles. The van der Waals surface area contributed by atoms with Crippen LogP contribution in [0.2, 0.25) is 0 Å². The van der Waals surface area contributed by atoms with Gasteiger partial charge in [-0.3, -0.25) is 0 Å². The van der Waals surface area contributed by atoms with Crippen LogP contribution in [0, 0.1) is 0 Å². The lowest BCUT2D eigenvalue weighted by Gasteiger charge is -2.35. The molecule has 0 aromatic heterocycles. The summed E-state index contributed by atoms with van der Waals surface area (Å²) in [6.07, 6.45) is 2.06. The normalized spacial score (nSPS) is 14.2. The van der Waals surface area contributed by atoms with E-state index >= 15 is 0 Å². The molecule has 0 aliphatic rings. The molecule has 4 nitrogen and oxygen atoms in total. The fraction of sp³-hybridized carbons (Fsp3) is 0.588. The Balaban J connectivity index is 3.06. The number of benzene rings is 1. The number of carbonyl (C=O) groups is 1. The Hall–Kier alpha value is -1.39. The molecule has 1 unspecified atom stereocenters. The van der Waals surface area contributed by atoms with E-state index in [1.807, 2.05) is 37.4 Å². The smallest absolute Gasteiger partial charge is 0.332 e. The first-order valence-corrected chi connectivity index (χ1v) is 7.71. The second-order valence-corrected chi connectivity index (χ2v) is 5.44. The fourth-order valence-corrected chi connectivity index (χ4v) is 2.70. The van der Waals surface area contributed by atoms with Crippen LogP contribution in [0.5, 0.6) is 0 Å². The average molecular weight is 292 g/mol. The van der Waals surface area contributed by atoms with E-state index in [1.54, 1.807) is 6.92 Å². The van der Waals surface area contributed by atoms with Gasteiger partial charge in [-0.1, -0.05) is 44.2 Å². The van der Waals surface area contributed by atoms with Gasteiger partial charge in [0.1, 0.15) is 0 Å². The molecule has 0 bridgehead atoms. The van der Waals surface area contributed by atoms with Crippen molar-refractivity contribution in [2.75, 3.05) is 20.2 Å². The highest BCUT2D eigenvalue weighted by Gasteiger charge is 2.39. The van der Waals surface area contributed by atoms with Gasteiger partial charge in [0, 0.05) is 12.6 Å². The van der Waals surface area contributed by atoms with Crippen LogP contribution in [0.25, 0.3) is 0 Å². The molecule has 0 radical (unpaired) electrons. The molecule has 21 heavy (non-hydrogen) atoms. The zero-order chi connectivity index (χ0) is 15.9. The molecule has 0 saturated heterocycles. The summed E-state index contributed by atoms with van der Waals surface area (Å²) < 4.78 is 5.22. The van der Waals surface area contributed by atoms with E-state index in [0.29, 0.717) is 19.2 Å². The minimum atomic E-state index is -1.13. The lowest BCUT2D eigenvalue weighted by molar-refractivity contribution is -0.151. The van der Waals surface area contributed by atoms with Crippen molar-refractivity contribution < 1.29 is 9.53 Å². The molecule has 1 aromatic rings. The second kappa shape index (κ2) is 8.15. The fourth-order valence-electron chi connectivity index (χ4n) is 2.70. The predicted molar refractivity (Wildman–Crippen MR) is 85.9 cm³/mol. The third-order valence-electron chi connectivity index (χ3n) is 3.99. The van der Waals surface area contributed by atoms with Crippen molar-refractivity contribution in [3.63, 3.8) is 0 Å². The highest BCUT2D eigenvalue weighted by molar-refractivity contribution is 5.82. The Labute approximate surface area is 128 Å². The molecule has 0 spiro atoms. The standard InChI is InChI=1S/C17H28N2O2/c1-5-15(6-2)19(4)13-17(18,16(20)21-7-3)14-11-9-8-10-12-14/h8-12,15H,5-7,13,18H2,1-4H3. The van der Waals surface area contributed by atoms with Crippen LogP contribution in [0.1, 0.15) is 39.2 Å². The van der Waals surface area contributed by atoms with Gasteiger partial charge >= 0.3 is 5.97 Å². The van der Waals surface area contributed by atoms with Crippen molar-refractivity contribution in [1.29, 1.82) is 0 Å². The zero-order valence-corrected chi connectivity index (χ0v) is 13.6. The predicted octanol–water partition coefficient (Wildman–Crippen LogP) is 2.52. The molecule has 118 valence electrons. The number of esters is 1. The van der Waals surface area contributed by atoms with Crippen LogP contribution in [-0.2, 0) is 15.1 Å². The Morgan fingerprint density at radius 2 is 1.81 bits per heavy atom. The molecule has 2 N–H and O–H groups in total. The SMILES string of the molecule is CCOC(=O)C(N)(CN(C)C(CC)CC)c1ccccc1. The summed E-state index contributed by atoms with van der Waals surface area (Å²) in [6, 6.07) is 9.89. The van der Waals surface area contributed by atoms with Crippen LogP contribution < -0.4 is 5.73 Å². The minimum Gasteiger partial charge on any atom is -0.464 e. The van der Waals surface area contributed by atoms with Gasteiger partial charge in [-0.2, -0.15) is 0 Å². The summed E-state index contributed by atoms with van der Waals surface area (Å²) in [4.78, 5) is 14.6. The van der Waals surface area contributed by atoms with Gasteiger partial charge in [-0.05, 0) is 32.4 Å². The maximum absolute atomic E-state index is 12.4. The average Bonchev–Trinajstić information content (AvgIpc) is 2.49. The number of nitrogens with two attached hydrogens (primary N) is 1. The van der Waals surface area contributed by atoms with Gasteiger partial charge in [0.2, 0.25) is 0 Å².